The fraction of sp³-hybridized carbons (Fsp3) is 0.917. The summed E-state index contributed by atoms with van der Waals surface area (Å²) in [6.45, 7) is 7.70. The highest BCUT2D eigenvalue weighted by molar-refractivity contribution is 5.78. The molecule has 1 rings (SSSR count). The zero-order chi connectivity index (χ0) is 13.1. The fourth-order valence-electron chi connectivity index (χ4n) is 1.85. The standard InChI is InChI=1S/C12H24N2O3/c1-12(2,3)13-6-11(15)14-7-9(16-4)10(8-14)17-5/h9-10,13H,6-8H2,1-5H3. The van der Waals surface area contributed by atoms with Crippen molar-refractivity contribution in [2.45, 2.75) is 38.5 Å². The predicted octanol–water partition coefficient (Wildman–Crippen LogP) is 0.247. The van der Waals surface area contributed by atoms with Crippen molar-refractivity contribution in [3.05, 3.63) is 0 Å². The van der Waals surface area contributed by atoms with Gasteiger partial charge in [0.25, 0.3) is 0 Å². The summed E-state index contributed by atoms with van der Waals surface area (Å²) in [7, 11) is 3.30. The van der Waals surface area contributed by atoms with Crippen LogP contribution in [0.1, 0.15) is 20.8 Å². The van der Waals surface area contributed by atoms with Crippen LogP contribution in [0.15, 0.2) is 0 Å². The van der Waals surface area contributed by atoms with Crippen LogP contribution < -0.4 is 5.32 Å². The number of carbonyl (C=O) groups excluding carboxylic acids is 1. The normalized spacial score (nSPS) is 25.4. The summed E-state index contributed by atoms with van der Waals surface area (Å²) in [5.74, 6) is 0.0986. The predicted molar refractivity (Wildman–Crippen MR) is 65.9 cm³/mol. The van der Waals surface area contributed by atoms with Gasteiger partial charge in [-0.25, -0.2) is 0 Å². The minimum absolute atomic E-state index is 0.0152. The third-order valence-electron chi connectivity index (χ3n) is 2.94. The Bertz CT molecular complexity index is 251. The molecule has 5 nitrogen and oxygen atoms in total. The number of nitrogens with one attached hydrogen (secondary N) is 1. The van der Waals surface area contributed by atoms with Crippen LogP contribution in [0.4, 0.5) is 0 Å². The second-order valence-electron chi connectivity index (χ2n) is 5.45. The van der Waals surface area contributed by atoms with Crippen LogP contribution in [0.2, 0.25) is 0 Å². The van der Waals surface area contributed by atoms with E-state index in [1.807, 2.05) is 20.8 Å². The van der Waals surface area contributed by atoms with Crippen LogP contribution in [-0.2, 0) is 14.3 Å². The molecule has 17 heavy (non-hydrogen) atoms. The number of likely N-dealkylation sites (tertiary alicyclic amines) is 1. The zero-order valence-electron chi connectivity index (χ0n) is 11.4. The van der Waals surface area contributed by atoms with E-state index in [1.165, 1.54) is 0 Å². The van der Waals surface area contributed by atoms with Gasteiger partial charge in [-0.1, -0.05) is 0 Å². The third-order valence-corrected chi connectivity index (χ3v) is 2.94. The van der Waals surface area contributed by atoms with Gasteiger partial charge >= 0.3 is 0 Å². The molecule has 100 valence electrons. The van der Waals surface area contributed by atoms with Gasteiger partial charge in [0.05, 0.1) is 6.54 Å². The van der Waals surface area contributed by atoms with Gasteiger partial charge in [-0.05, 0) is 20.8 Å². The summed E-state index contributed by atoms with van der Waals surface area (Å²) in [5, 5.41) is 3.19. The maximum absolute atomic E-state index is 12.0. The number of hydrogen-bond acceptors (Lipinski definition) is 4. The van der Waals surface area contributed by atoms with E-state index in [-0.39, 0.29) is 23.7 Å². The molecule has 0 saturated carbocycles. The van der Waals surface area contributed by atoms with Crippen molar-refractivity contribution in [1.82, 2.24) is 10.2 Å². The number of ether oxygens (including phenoxy) is 2. The molecule has 1 fully saturated rings. The molecule has 0 aliphatic carbocycles. The average Bonchev–Trinajstić information content (AvgIpc) is 2.67. The lowest BCUT2D eigenvalue weighted by Crippen LogP contribution is -2.44. The summed E-state index contributed by atoms with van der Waals surface area (Å²) in [5.41, 5.74) is -0.0449. The van der Waals surface area contributed by atoms with Crippen LogP contribution in [0.5, 0.6) is 0 Å². The van der Waals surface area contributed by atoms with Crippen molar-refractivity contribution in [2.75, 3.05) is 33.9 Å². The maximum Gasteiger partial charge on any atom is 0.236 e. The fourth-order valence-corrected chi connectivity index (χ4v) is 1.85. The van der Waals surface area contributed by atoms with Gasteiger partial charge in [0.15, 0.2) is 0 Å². The highest BCUT2D eigenvalue weighted by Gasteiger charge is 2.35. The number of amides is 1. The van der Waals surface area contributed by atoms with E-state index in [4.69, 9.17) is 9.47 Å². The molecule has 1 aliphatic rings. The van der Waals surface area contributed by atoms with E-state index in [1.54, 1.807) is 19.1 Å². The summed E-state index contributed by atoms with van der Waals surface area (Å²) in [4.78, 5) is 13.8. The van der Waals surface area contributed by atoms with Crippen molar-refractivity contribution >= 4 is 5.91 Å². The number of methoxy groups -OCH3 is 2. The highest BCUT2D eigenvalue weighted by atomic mass is 16.5. The maximum atomic E-state index is 12.0. The van der Waals surface area contributed by atoms with E-state index in [0.717, 1.165) is 0 Å². The Balaban J connectivity index is 2.44. The van der Waals surface area contributed by atoms with Crippen LogP contribution in [0, 0.1) is 0 Å². The van der Waals surface area contributed by atoms with E-state index in [2.05, 4.69) is 5.32 Å². The molecule has 0 aromatic carbocycles. The summed E-state index contributed by atoms with van der Waals surface area (Å²) < 4.78 is 10.6. The smallest absolute Gasteiger partial charge is 0.236 e. The SMILES string of the molecule is COC1CN(C(=O)CNC(C)(C)C)CC1OC. The molecule has 5 heteroatoms. The van der Waals surface area contributed by atoms with Gasteiger partial charge in [-0.2, -0.15) is 0 Å². The second kappa shape index (κ2) is 5.80. The molecule has 1 heterocycles. The summed E-state index contributed by atoms with van der Waals surface area (Å²) in [6.07, 6.45) is -0.0304. The van der Waals surface area contributed by atoms with Gasteiger partial charge in [0, 0.05) is 32.8 Å². The van der Waals surface area contributed by atoms with Crippen molar-refractivity contribution in [3.63, 3.8) is 0 Å². The lowest BCUT2D eigenvalue weighted by Gasteiger charge is -2.23. The first kappa shape index (κ1) is 14.4. The molecule has 1 saturated heterocycles. The van der Waals surface area contributed by atoms with Crippen LogP contribution >= 0.6 is 0 Å². The summed E-state index contributed by atoms with van der Waals surface area (Å²) >= 11 is 0. The van der Waals surface area contributed by atoms with Crippen LogP contribution in [-0.4, -0.2) is 62.4 Å². The van der Waals surface area contributed by atoms with Crippen molar-refractivity contribution < 1.29 is 14.3 Å². The number of hydrogen-bond donors (Lipinski definition) is 1. The van der Waals surface area contributed by atoms with Crippen molar-refractivity contribution in [3.8, 4) is 0 Å². The van der Waals surface area contributed by atoms with Crippen molar-refractivity contribution in [1.29, 1.82) is 0 Å². The van der Waals surface area contributed by atoms with Crippen LogP contribution in [0.3, 0.4) is 0 Å². The first-order valence-electron chi connectivity index (χ1n) is 5.96. The lowest BCUT2D eigenvalue weighted by molar-refractivity contribution is -0.130. The van der Waals surface area contributed by atoms with E-state index < -0.39 is 0 Å². The molecule has 2 unspecified atom stereocenters. The van der Waals surface area contributed by atoms with Crippen LogP contribution in [0.25, 0.3) is 0 Å². The number of rotatable bonds is 4. The topological polar surface area (TPSA) is 50.8 Å². The molecular weight excluding hydrogens is 220 g/mol. The van der Waals surface area contributed by atoms with Crippen molar-refractivity contribution in [2.24, 2.45) is 0 Å². The monoisotopic (exact) mass is 244 g/mol. The Morgan fingerprint density at radius 1 is 1.24 bits per heavy atom. The minimum atomic E-state index is -0.0449. The molecule has 0 aromatic rings. The van der Waals surface area contributed by atoms with E-state index >= 15 is 0 Å². The Morgan fingerprint density at radius 3 is 2.06 bits per heavy atom. The molecular formula is C12H24N2O3. The largest absolute Gasteiger partial charge is 0.377 e. The Labute approximate surface area is 103 Å². The average molecular weight is 244 g/mol. The lowest BCUT2D eigenvalue weighted by atomic mass is 10.1. The Morgan fingerprint density at radius 2 is 1.71 bits per heavy atom. The van der Waals surface area contributed by atoms with Gasteiger partial charge < -0.3 is 19.7 Å². The molecule has 0 radical (unpaired) electrons. The van der Waals surface area contributed by atoms with Gasteiger partial charge in [0.1, 0.15) is 12.2 Å². The van der Waals surface area contributed by atoms with E-state index in [9.17, 15) is 4.79 Å². The van der Waals surface area contributed by atoms with Gasteiger partial charge in [-0.3, -0.25) is 4.79 Å². The molecule has 1 N–H and O–H groups in total. The van der Waals surface area contributed by atoms with E-state index in [0.29, 0.717) is 19.6 Å². The third kappa shape index (κ3) is 4.26. The van der Waals surface area contributed by atoms with Gasteiger partial charge in [0.2, 0.25) is 5.91 Å². The minimum Gasteiger partial charge on any atom is -0.377 e. The summed E-state index contributed by atoms with van der Waals surface area (Å²) in [6, 6.07) is 0. The van der Waals surface area contributed by atoms with Gasteiger partial charge in [-0.15, -0.1) is 0 Å². The highest BCUT2D eigenvalue weighted by Crippen LogP contribution is 2.15. The molecule has 1 amide bonds. The molecule has 0 bridgehead atoms. The Kier molecular flexibility index (Phi) is 4.91. The zero-order valence-corrected chi connectivity index (χ0v) is 11.4. The molecule has 0 spiro atoms. The number of nitrogens with zero attached hydrogens (tertiary/aromatic N) is 1. The number of carbonyl (C=O) groups is 1. The second-order valence-corrected chi connectivity index (χ2v) is 5.45. The molecule has 2 atom stereocenters. The molecule has 0 aromatic heterocycles. The first-order chi connectivity index (χ1) is 7.87. The quantitative estimate of drug-likeness (QED) is 0.770. The molecule has 1 aliphatic heterocycles. The Hall–Kier alpha value is -0.650. The first-order valence-corrected chi connectivity index (χ1v) is 5.96.